The summed E-state index contributed by atoms with van der Waals surface area (Å²) in [6.45, 7) is 5.43. The molecule has 2 unspecified atom stereocenters. The Kier molecular flexibility index (Phi) is 6.99. The molecule has 0 spiro atoms. The molecule has 2 heteroatoms. The Labute approximate surface area is 112 Å². The van der Waals surface area contributed by atoms with E-state index in [0.717, 1.165) is 18.5 Å². The van der Waals surface area contributed by atoms with Gasteiger partial charge in [0.25, 0.3) is 0 Å². The topological polar surface area (TPSA) is 23.5 Å². The number of likely N-dealkylation sites (N-methyl/N-ethyl adjacent to an activating group) is 1. The number of hydrogen-bond acceptors (Lipinski definition) is 2. The first-order valence-electron chi connectivity index (χ1n) is 7.13. The van der Waals surface area contributed by atoms with E-state index in [2.05, 4.69) is 25.8 Å². The number of benzene rings is 1. The summed E-state index contributed by atoms with van der Waals surface area (Å²) in [5, 5.41) is 10.5. The van der Waals surface area contributed by atoms with Crippen LogP contribution >= 0.6 is 0 Å². The molecule has 0 bridgehead atoms. The quantitative estimate of drug-likeness (QED) is 0.711. The van der Waals surface area contributed by atoms with Crippen LogP contribution in [0.15, 0.2) is 30.3 Å². The Bertz CT molecular complexity index is 312. The van der Waals surface area contributed by atoms with Gasteiger partial charge in [0.15, 0.2) is 0 Å². The number of unbranched alkanes of at least 4 members (excludes halogenated alkanes) is 2. The summed E-state index contributed by atoms with van der Waals surface area (Å²) < 4.78 is 0. The van der Waals surface area contributed by atoms with Crippen LogP contribution in [0.4, 0.5) is 0 Å². The van der Waals surface area contributed by atoms with Gasteiger partial charge in [0.2, 0.25) is 0 Å². The van der Waals surface area contributed by atoms with Crippen LogP contribution in [0.1, 0.15) is 51.2 Å². The summed E-state index contributed by atoms with van der Waals surface area (Å²) in [6.07, 6.45) is 4.31. The minimum Gasteiger partial charge on any atom is -0.387 e. The maximum Gasteiger partial charge on any atom is 0.0944 e. The van der Waals surface area contributed by atoms with Crippen LogP contribution in [0, 0.1) is 0 Å². The molecule has 0 amide bonds. The van der Waals surface area contributed by atoms with Crippen molar-refractivity contribution in [3.63, 3.8) is 0 Å². The Balaban J connectivity index is 2.59. The van der Waals surface area contributed by atoms with Gasteiger partial charge in [-0.3, -0.25) is 0 Å². The zero-order valence-electron chi connectivity index (χ0n) is 12.0. The van der Waals surface area contributed by atoms with E-state index in [1.165, 1.54) is 19.3 Å². The molecule has 0 aliphatic heterocycles. The van der Waals surface area contributed by atoms with Gasteiger partial charge in [-0.15, -0.1) is 0 Å². The summed E-state index contributed by atoms with van der Waals surface area (Å²) in [5.74, 6) is 0. The van der Waals surface area contributed by atoms with Gasteiger partial charge < -0.3 is 10.0 Å². The lowest BCUT2D eigenvalue weighted by molar-refractivity contribution is 0.0593. The highest BCUT2D eigenvalue weighted by Crippen LogP contribution is 2.22. The first-order chi connectivity index (χ1) is 8.70. The first kappa shape index (κ1) is 15.2. The van der Waals surface area contributed by atoms with Crippen LogP contribution in [0.5, 0.6) is 0 Å². The van der Waals surface area contributed by atoms with Gasteiger partial charge in [0, 0.05) is 6.04 Å². The van der Waals surface area contributed by atoms with Crippen molar-refractivity contribution in [3.8, 4) is 0 Å². The zero-order chi connectivity index (χ0) is 13.4. The van der Waals surface area contributed by atoms with Crippen LogP contribution in [0.3, 0.4) is 0 Å². The van der Waals surface area contributed by atoms with E-state index in [4.69, 9.17) is 0 Å². The molecule has 0 aromatic heterocycles. The van der Waals surface area contributed by atoms with Crippen LogP contribution in [0.2, 0.25) is 0 Å². The SMILES string of the molecule is CCCCCN(C)C(CC)C(O)c1ccccc1. The van der Waals surface area contributed by atoms with Gasteiger partial charge in [0.1, 0.15) is 0 Å². The van der Waals surface area contributed by atoms with Crippen molar-refractivity contribution >= 4 is 0 Å². The molecule has 1 N–H and O–H groups in total. The molecule has 0 aliphatic rings. The molecule has 0 fully saturated rings. The molecule has 0 saturated carbocycles. The van der Waals surface area contributed by atoms with Crippen molar-refractivity contribution in [1.29, 1.82) is 0 Å². The lowest BCUT2D eigenvalue weighted by Crippen LogP contribution is -2.37. The van der Waals surface area contributed by atoms with E-state index in [-0.39, 0.29) is 12.1 Å². The Morgan fingerprint density at radius 3 is 2.33 bits per heavy atom. The van der Waals surface area contributed by atoms with Gasteiger partial charge in [-0.1, -0.05) is 57.0 Å². The maximum atomic E-state index is 10.5. The fraction of sp³-hybridized carbons (Fsp3) is 0.625. The molecular weight excluding hydrogens is 222 g/mol. The van der Waals surface area contributed by atoms with Gasteiger partial charge in [0.05, 0.1) is 6.10 Å². The summed E-state index contributed by atoms with van der Waals surface area (Å²) in [5.41, 5.74) is 1.02. The largest absolute Gasteiger partial charge is 0.387 e. The minimum absolute atomic E-state index is 0.212. The summed E-state index contributed by atoms with van der Waals surface area (Å²) in [4.78, 5) is 2.30. The molecule has 0 radical (unpaired) electrons. The first-order valence-corrected chi connectivity index (χ1v) is 7.13. The third-order valence-electron chi connectivity index (χ3n) is 3.60. The van der Waals surface area contributed by atoms with E-state index in [9.17, 15) is 5.11 Å². The number of hydrogen-bond donors (Lipinski definition) is 1. The Morgan fingerprint density at radius 2 is 1.78 bits per heavy atom. The van der Waals surface area contributed by atoms with E-state index in [1.807, 2.05) is 30.3 Å². The highest BCUT2D eigenvalue weighted by molar-refractivity contribution is 5.18. The number of aliphatic hydroxyl groups is 1. The standard InChI is InChI=1S/C16H27NO/c1-4-6-10-13-17(3)15(5-2)16(18)14-11-8-7-9-12-14/h7-9,11-12,15-16,18H,4-6,10,13H2,1-3H3. The van der Waals surface area contributed by atoms with Gasteiger partial charge >= 0.3 is 0 Å². The molecule has 2 nitrogen and oxygen atoms in total. The van der Waals surface area contributed by atoms with Crippen LogP contribution in [0.25, 0.3) is 0 Å². The smallest absolute Gasteiger partial charge is 0.0944 e. The highest BCUT2D eigenvalue weighted by atomic mass is 16.3. The second-order valence-corrected chi connectivity index (χ2v) is 5.02. The van der Waals surface area contributed by atoms with Crippen LogP contribution in [-0.4, -0.2) is 29.6 Å². The third kappa shape index (κ3) is 4.43. The maximum absolute atomic E-state index is 10.5. The summed E-state index contributed by atoms with van der Waals surface area (Å²) in [7, 11) is 2.12. The van der Waals surface area contributed by atoms with E-state index >= 15 is 0 Å². The molecule has 0 aliphatic carbocycles. The van der Waals surface area contributed by atoms with Crippen molar-refractivity contribution in [2.24, 2.45) is 0 Å². The van der Waals surface area contributed by atoms with Gasteiger partial charge in [-0.2, -0.15) is 0 Å². The average Bonchev–Trinajstić information content (AvgIpc) is 2.41. The number of aliphatic hydroxyl groups excluding tert-OH is 1. The zero-order valence-corrected chi connectivity index (χ0v) is 12.0. The van der Waals surface area contributed by atoms with Crippen molar-refractivity contribution in [3.05, 3.63) is 35.9 Å². The van der Waals surface area contributed by atoms with Crippen molar-refractivity contribution in [1.82, 2.24) is 4.90 Å². The predicted molar refractivity (Wildman–Crippen MR) is 77.6 cm³/mol. The van der Waals surface area contributed by atoms with Crippen molar-refractivity contribution < 1.29 is 5.11 Å². The number of rotatable bonds is 8. The Morgan fingerprint density at radius 1 is 1.11 bits per heavy atom. The van der Waals surface area contributed by atoms with Crippen molar-refractivity contribution in [2.75, 3.05) is 13.6 Å². The predicted octanol–water partition coefficient (Wildman–Crippen LogP) is 3.62. The molecule has 0 saturated heterocycles. The van der Waals surface area contributed by atoms with Crippen LogP contribution < -0.4 is 0 Å². The average molecular weight is 249 g/mol. The second-order valence-electron chi connectivity index (χ2n) is 5.02. The lowest BCUT2D eigenvalue weighted by atomic mass is 9.99. The van der Waals surface area contributed by atoms with Gasteiger partial charge in [-0.05, 0) is 32.0 Å². The monoisotopic (exact) mass is 249 g/mol. The number of nitrogens with zero attached hydrogens (tertiary/aromatic N) is 1. The van der Waals surface area contributed by atoms with E-state index in [0.29, 0.717) is 0 Å². The van der Waals surface area contributed by atoms with E-state index in [1.54, 1.807) is 0 Å². The fourth-order valence-corrected chi connectivity index (χ4v) is 2.43. The summed E-state index contributed by atoms with van der Waals surface area (Å²) in [6, 6.07) is 10.2. The minimum atomic E-state index is -0.386. The van der Waals surface area contributed by atoms with Crippen LogP contribution in [-0.2, 0) is 0 Å². The molecule has 1 rings (SSSR count). The molecular formula is C16H27NO. The molecule has 102 valence electrons. The molecule has 18 heavy (non-hydrogen) atoms. The van der Waals surface area contributed by atoms with E-state index < -0.39 is 0 Å². The fourth-order valence-electron chi connectivity index (χ4n) is 2.43. The van der Waals surface area contributed by atoms with Crippen molar-refractivity contribution in [2.45, 2.75) is 51.7 Å². The molecule has 0 heterocycles. The second kappa shape index (κ2) is 8.28. The molecule has 1 aromatic carbocycles. The van der Waals surface area contributed by atoms with Gasteiger partial charge in [-0.25, -0.2) is 0 Å². The normalized spacial score (nSPS) is 14.7. The third-order valence-corrected chi connectivity index (χ3v) is 3.60. The highest BCUT2D eigenvalue weighted by Gasteiger charge is 2.22. The summed E-state index contributed by atoms with van der Waals surface area (Å²) >= 11 is 0. The molecule has 1 aromatic rings. The lowest BCUT2D eigenvalue weighted by Gasteiger charge is -2.31. The molecule has 2 atom stereocenters. The Hall–Kier alpha value is -0.860.